The second-order valence-electron chi connectivity index (χ2n) is 7.89. The van der Waals surface area contributed by atoms with Crippen LogP contribution in [0.15, 0.2) is 18.7 Å². The number of pyridine rings is 1. The summed E-state index contributed by atoms with van der Waals surface area (Å²) in [5.74, 6) is -0.151. The van der Waals surface area contributed by atoms with E-state index < -0.39 is 11.7 Å². The van der Waals surface area contributed by atoms with Crippen LogP contribution < -0.4 is 4.74 Å². The Morgan fingerprint density at radius 2 is 1.80 bits per heavy atom. The highest BCUT2D eigenvalue weighted by Crippen LogP contribution is 2.31. The van der Waals surface area contributed by atoms with Crippen molar-refractivity contribution in [3.05, 3.63) is 30.1 Å². The fourth-order valence-electron chi connectivity index (χ4n) is 3.87. The number of piperazine rings is 1. The van der Waals surface area contributed by atoms with Crippen molar-refractivity contribution in [1.29, 1.82) is 0 Å². The van der Waals surface area contributed by atoms with Crippen molar-refractivity contribution in [2.45, 2.75) is 6.92 Å². The fraction of sp³-hybridized carbons (Fsp3) is 0.455. The van der Waals surface area contributed by atoms with Crippen LogP contribution in [0.1, 0.15) is 16.2 Å². The molecular weight excluding hydrogens is 458 g/mol. The summed E-state index contributed by atoms with van der Waals surface area (Å²) in [5.41, 5.74) is 0.668. The van der Waals surface area contributed by atoms with Gasteiger partial charge in [0.05, 0.1) is 43.0 Å². The summed E-state index contributed by atoms with van der Waals surface area (Å²) in [7, 11) is 3.02. The van der Waals surface area contributed by atoms with Gasteiger partial charge in [0, 0.05) is 39.5 Å². The first kappa shape index (κ1) is 24.3. The summed E-state index contributed by atoms with van der Waals surface area (Å²) in [4.78, 5) is 53.1. The molecule has 1 saturated heterocycles. The minimum absolute atomic E-state index is 0.0486. The summed E-state index contributed by atoms with van der Waals surface area (Å²) in [5, 5.41) is 4.71. The third-order valence-electron chi connectivity index (χ3n) is 5.71. The molecule has 2 amide bonds. The number of ether oxygens (including phenoxy) is 3. The molecule has 3 aromatic rings. The van der Waals surface area contributed by atoms with Gasteiger partial charge in [0.2, 0.25) is 5.91 Å². The van der Waals surface area contributed by atoms with Crippen molar-refractivity contribution >= 4 is 28.5 Å². The van der Waals surface area contributed by atoms with E-state index in [0.717, 1.165) is 0 Å². The molecule has 3 aromatic heterocycles. The molecule has 13 nitrogen and oxygen atoms in total. The lowest BCUT2D eigenvalue weighted by Crippen LogP contribution is -2.52. The molecule has 186 valence electrons. The topological polar surface area (TPSA) is 145 Å². The first-order chi connectivity index (χ1) is 16.9. The van der Waals surface area contributed by atoms with Gasteiger partial charge in [-0.3, -0.25) is 14.4 Å². The average Bonchev–Trinajstić information content (AvgIpc) is 3.52. The normalized spacial score (nSPS) is 13.9. The van der Waals surface area contributed by atoms with Gasteiger partial charge in [-0.25, -0.2) is 14.6 Å². The van der Waals surface area contributed by atoms with E-state index in [1.807, 2.05) is 0 Å². The largest absolute Gasteiger partial charge is 0.494 e. The molecule has 0 saturated carbocycles. The second-order valence-corrected chi connectivity index (χ2v) is 7.89. The van der Waals surface area contributed by atoms with Crippen LogP contribution in [0.5, 0.6) is 5.75 Å². The molecule has 0 aliphatic carbocycles. The Labute approximate surface area is 201 Å². The van der Waals surface area contributed by atoms with E-state index in [2.05, 4.69) is 20.1 Å². The van der Waals surface area contributed by atoms with Gasteiger partial charge in [0.15, 0.2) is 5.82 Å². The molecule has 0 spiro atoms. The first-order valence-corrected chi connectivity index (χ1v) is 11.0. The van der Waals surface area contributed by atoms with Gasteiger partial charge in [-0.05, 0) is 6.92 Å². The Balaban J connectivity index is 1.48. The number of amides is 2. The molecule has 0 bridgehead atoms. The molecule has 1 fully saturated rings. The number of rotatable bonds is 9. The number of aryl methyl sites for hydroxylation is 1. The van der Waals surface area contributed by atoms with E-state index in [-0.39, 0.29) is 31.2 Å². The van der Waals surface area contributed by atoms with E-state index in [1.165, 1.54) is 35.4 Å². The maximum absolute atomic E-state index is 13.2. The van der Waals surface area contributed by atoms with E-state index in [4.69, 9.17) is 14.2 Å². The minimum Gasteiger partial charge on any atom is -0.494 e. The van der Waals surface area contributed by atoms with Crippen LogP contribution in [0.25, 0.3) is 16.7 Å². The van der Waals surface area contributed by atoms with Crippen LogP contribution in [-0.2, 0) is 19.1 Å². The zero-order valence-corrected chi connectivity index (χ0v) is 19.8. The number of methoxy groups -OCH3 is 2. The molecule has 1 N–H and O–H groups in total. The highest BCUT2D eigenvalue weighted by atomic mass is 16.5. The van der Waals surface area contributed by atoms with Crippen LogP contribution in [-0.4, -0.2) is 112 Å². The molecule has 4 rings (SSSR count). The third kappa shape index (κ3) is 5.00. The van der Waals surface area contributed by atoms with Crippen molar-refractivity contribution in [2.75, 3.05) is 60.2 Å². The fourth-order valence-corrected chi connectivity index (χ4v) is 3.87. The lowest BCUT2D eigenvalue weighted by molar-refractivity contribution is -0.141. The van der Waals surface area contributed by atoms with Crippen molar-refractivity contribution in [3.63, 3.8) is 0 Å². The molecule has 4 heterocycles. The number of nitrogens with one attached hydrogen (secondary N) is 1. The number of ketones is 1. The average molecular weight is 486 g/mol. The van der Waals surface area contributed by atoms with Gasteiger partial charge in [0.1, 0.15) is 24.5 Å². The third-order valence-corrected chi connectivity index (χ3v) is 5.71. The molecule has 0 unspecified atom stereocenters. The first-order valence-electron chi connectivity index (χ1n) is 11.0. The minimum atomic E-state index is -0.677. The van der Waals surface area contributed by atoms with Crippen molar-refractivity contribution in [2.24, 2.45) is 0 Å². The van der Waals surface area contributed by atoms with Gasteiger partial charge < -0.3 is 29.0 Å². The molecule has 0 atom stereocenters. The quantitative estimate of drug-likeness (QED) is 0.251. The number of hydrogen-bond acceptors (Lipinski definition) is 9. The number of hydrogen-bond donors (Lipinski definition) is 1. The van der Waals surface area contributed by atoms with E-state index in [1.54, 1.807) is 18.9 Å². The Hall–Kier alpha value is -3.84. The number of H-pyrrole nitrogens is 1. The van der Waals surface area contributed by atoms with Crippen molar-refractivity contribution in [3.8, 4) is 11.6 Å². The Kier molecular flexibility index (Phi) is 7.36. The summed E-state index contributed by atoms with van der Waals surface area (Å²) in [6.07, 6.45) is 4.46. The Morgan fingerprint density at radius 1 is 1.06 bits per heavy atom. The molecule has 0 radical (unpaired) electrons. The molecule has 1 aliphatic rings. The number of carbonyl (C=O) groups is 3. The zero-order chi connectivity index (χ0) is 24.9. The molecule has 35 heavy (non-hydrogen) atoms. The highest BCUT2D eigenvalue weighted by Gasteiger charge is 2.31. The summed E-state index contributed by atoms with van der Waals surface area (Å²) < 4.78 is 17.1. The van der Waals surface area contributed by atoms with Gasteiger partial charge in [0.25, 0.3) is 11.7 Å². The Bertz CT molecular complexity index is 1230. The van der Waals surface area contributed by atoms with E-state index >= 15 is 0 Å². The monoisotopic (exact) mass is 485 g/mol. The molecule has 1 aliphatic heterocycles. The van der Waals surface area contributed by atoms with Gasteiger partial charge >= 0.3 is 0 Å². The number of Topliss-reactive ketones (excluding diaryl/α,β-unsaturated/α-hetero) is 1. The number of nitrogens with zero attached hydrogens (tertiary/aromatic N) is 6. The predicted octanol–water partition coefficient (Wildman–Crippen LogP) is -0.0229. The standard InChI is InChI=1S/C22H27N7O6/c1-14-25-13-29(26-14)21-19-18(16(34-3)11-24-21)15(10-23-19)20(31)22(32)28-6-4-27(5-7-28)17(30)12-35-9-8-33-2/h10-11,13,23H,4-9,12H2,1-3H3. The SMILES string of the molecule is COCCOCC(=O)N1CCN(C(=O)C(=O)c2c[nH]c3c(-n4cnc(C)n4)ncc(OC)c23)CC1. The van der Waals surface area contributed by atoms with E-state index in [0.29, 0.717) is 54.6 Å². The van der Waals surface area contributed by atoms with Crippen LogP contribution >= 0.6 is 0 Å². The zero-order valence-electron chi connectivity index (χ0n) is 19.8. The maximum Gasteiger partial charge on any atom is 0.295 e. The second kappa shape index (κ2) is 10.6. The van der Waals surface area contributed by atoms with Crippen LogP contribution in [0.2, 0.25) is 0 Å². The summed E-state index contributed by atoms with van der Waals surface area (Å²) in [6, 6.07) is 0. The number of carbonyl (C=O) groups excluding carboxylic acids is 3. The van der Waals surface area contributed by atoms with E-state index in [9.17, 15) is 14.4 Å². The number of fused-ring (bicyclic) bond motifs is 1. The summed E-state index contributed by atoms with van der Waals surface area (Å²) in [6.45, 7) is 3.58. The van der Waals surface area contributed by atoms with Gasteiger partial charge in [-0.1, -0.05) is 0 Å². The van der Waals surface area contributed by atoms with Crippen LogP contribution in [0.3, 0.4) is 0 Å². The molecular formula is C22H27N7O6. The molecule has 0 aromatic carbocycles. The van der Waals surface area contributed by atoms with Crippen molar-refractivity contribution in [1.82, 2.24) is 34.5 Å². The maximum atomic E-state index is 13.2. The Morgan fingerprint density at radius 3 is 2.46 bits per heavy atom. The van der Waals surface area contributed by atoms with Crippen molar-refractivity contribution < 1.29 is 28.6 Å². The number of aromatic nitrogens is 5. The highest BCUT2D eigenvalue weighted by molar-refractivity contribution is 6.45. The van der Waals surface area contributed by atoms with Gasteiger partial charge in [-0.15, -0.1) is 0 Å². The van der Waals surface area contributed by atoms with Crippen LogP contribution in [0.4, 0.5) is 0 Å². The predicted molar refractivity (Wildman–Crippen MR) is 122 cm³/mol. The van der Waals surface area contributed by atoms with Gasteiger partial charge in [-0.2, -0.15) is 5.10 Å². The lowest BCUT2D eigenvalue weighted by atomic mass is 10.1. The lowest BCUT2D eigenvalue weighted by Gasteiger charge is -2.34. The van der Waals surface area contributed by atoms with Crippen LogP contribution in [0, 0.1) is 6.92 Å². The number of aromatic amines is 1. The smallest absolute Gasteiger partial charge is 0.295 e. The summed E-state index contributed by atoms with van der Waals surface area (Å²) >= 11 is 0. The molecule has 13 heteroatoms.